The molecule has 0 radical (unpaired) electrons. The molecule has 0 fully saturated rings. The second-order valence-electron chi connectivity index (χ2n) is 2.62. The first-order valence-electron chi connectivity index (χ1n) is 4.22. The van der Waals surface area contributed by atoms with Crippen LogP contribution in [-0.2, 0) is 0 Å². The molecule has 0 N–H and O–H groups in total. The van der Waals surface area contributed by atoms with E-state index in [-0.39, 0.29) is 0 Å². The van der Waals surface area contributed by atoms with Crippen molar-refractivity contribution in [2.45, 2.75) is 48.3 Å². The fraction of sp³-hybridized carbons (Fsp3) is 1.00. The van der Waals surface area contributed by atoms with Crippen LogP contribution in [0.1, 0.15) is 39.5 Å². The minimum absolute atomic E-state index is 0.812. The van der Waals surface area contributed by atoms with Crippen molar-refractivity contribution in [3.8, 4) is 0 Å². The average Bonchev–Trinajstić information content (AvgIpc) is 1.97. The summed E-state index contributed by atoms with van der Waals surface area (Å²) >= 11 is 3.05. The third kappa shape index (κ3) is 7.41. The third-order valence-electron chi connectivity index (χ3n) is 1.51. The van der Waals surface area contributed by atoms with Crippen LogP contribution in [0.5, 0.6) is 0 Å². The second kappa shape index (κ2) is 8.40. The molecule has 62 valence electrons. The molecular weight excluding hydrogens is 298 g/mol. The Bertz CT molecular complexity index is 58.3. The molecule has 0 saturated heterocycles. The molecule has 0 saturated carbocycles. The van der Waals surface area contributed by atoms with E-state index in [4.69, 9.17) is 0 Å². The normalized spacial score (nSPS) is 10.8. The fourth-order valence-corrected chi connectivity index (χ4v) is 8.54. The number of hydrogen-bond donors (Lipinski definition) is 0. The Morgan fingerprint density at radius 2 is 1.40 bits per heavy atom. The van der Waals surface area contributed by atoms with Gasteiger partial charge in [0.1, 0.15) is 0 Å². The van der Waals surface area contributed by atoms with E-state index >= 15 is 0 Å². The van der Waals surface area contributed by atoms with Gasteiger partial charge in [-0.05, 0) is 0 Å². The summed E-state index contributed by atoms with van der Waals surface area (Å²) < 4.78 is 3.08. The summed E-state index contributed by atoms with van der Waals surface area (Å²) in [4.78, 5) is 0. The van der Waals surface area contributed by atoms with E-state index in [2.05, 4.69) is 26.4 Å². The van der Waals surface area contributed by atoms with E-state index < -0.39 is 18.0 Å². The molecule has 0 unspecified atom stereocenters. The van der Waals surface area contributed by atoms with Crippen molar-refractivity contribution >= 4 is 30.6 Å². The third-order valence-corrected chi connectivity index (χ3v) is 10.8. The number of rotatable bonds is 6. The SMILES string of the molecule is CCC[CH2][Sb]([Br])[CH2]CCC. The Balaban J connectivity index is 3.00. The van der Waals surface area contributed by atoms with E-state index in [0.717, 1.165) is 0 Å². The van der Waals surface area contributed by atoms with E-state index in [1.165, 1.54) is 25.7 Å². The molecule has 0 aromatic carbocycles. The Morgan fingerprint density at radius 3 is 1.70 bits per heavy atom. The molecule has 2 heteroatoms. The first-order valence-corrected chi connectivity index (χ1v) is 13.5. The zero-order chi connectivity index (χ0) is 7.82. The molecule has 0 amide bonds. The summed E-state index contributed by atoms with van der Waals surface area (Å²) in [6.45, 7) is 4.56. The molecule has 10 heavy (non-hydrogen) atoms. The maximum atomic E-state index is 3.86. The molecule has 0 heterocycles. The standard InChI is InChI=1S/2C4H9.BrH.Sb/c2*1-3-4-2;;/h2*1,3-4H2,2H3;1H;/q;;;+1/p-1. The fourth-order valence-electron chi connectivity index (χ4n) is 0.771. The van der Waals surface area contributed by atoms with Gasteiger partial charge in [-0.1, -0.05) is 0 Å². The van der Waals surface area contributed by atoms with Gasteiger partial charge in [0.15, 0.2) is 0 Å². The summed E-state index contributed by atoms with van der Waals surface area (Å²) in [5, 5.41) is 0. The van der Waals surface area contributed by atoms with Crippen LogP contribution in [0.25, 0.3) is 0 Å². The quantitative estimate of drug-likeness (QED) is 0.651. The van der Waals surface area contributed by atoms with E-state index in [1.807, 2.05) is 0 Å². The van der Waals surface area contributed by atoms with Gasteiger partial charge in [-0.2, -0.15) is 0 Å². The first-order chi connectivity index (χ1) is 4.81. The zero-order valence-corrected chi connectivity index (χ0v) is 11.2. The molecular formula is C8H18BrSb. The van der Waals surface area contributed by atoms with Gasteiger partial charge in [0.25, 0.3) is 0 Å². The van der Waals surface area contributed by atoms with Crippen molar-refractivity contribution < 1.29 is 0 Å². The van der Waals surface area contributed by atoms with Gasteiger partial charge in [0, 0.05) is 0 Å². The van der Waals surface area contributed by atoms with E-state index in [1.54, 1.807) is 8.73 Å². The number of unbranched alkanes of at least 4 members (excludes halogenated alkanes) is 2. The van der Waals surface area contributed by atoms with E-state index in [0.29, 0.717) is 0 Å². The summed E-state index contributed by atoms with van der Waals surface area (Å²) in [6.07, 6.45) is 5.66. The van der Waals surface area contributed by atoms with Gasteiger partial charge in [-0.3, -0.25) is 0 Å². The van der Waals surface area contributed by atoms with Crippen LogP contribution >= 0.6 is 12.6 Å². The predicted molar refractivity (Wildman–Crippen MR) is 54.1 cm³/mol. The summed E-state index contributed by atoms with van der Waals surface area (Å²) in [6, 6.07) is 0. The molecule has 0 bridgehead atoms. The topological polar surface area (TPSA) is 0 Å². The minimum atomic E-state index is -0.812. The number of halogens is 1. The molecule has 0 aliphatic rings. The van der Waals surface area contributed by atoms with Gasteiger partial charge in [0.05, 0.1) is 0 Å². The maximum absolute atomic E-state index is 3.86. The van der Waals surface area contributed by atoms with Crippen molar-refractivity contribution in [1.29, 1.82) is 0 Å². The van der Waals surface area contributed by atoms with Crippen molar-refractivity contribution in [2.24, 2.45) is 0 Å². The van der Waals surface area contributed by atoms with E-state index in [9.17, 15) is 0 Å². The Morgan fingerprint density at radius 1 is 1.00 bits per heavy atom. The first kappa shape index (κ1) is 11.3. The van der Waals surface area contributed by atoms with Crippen LogP contribution in [0.15, 0.2) is 0 Å². The zero-order valence-electron chi connectivity index (χ0n) is 7.07. The molecule has 0 atom stereocenters. The molecule has 0 aliphatic carbocycles. The molecule has 0 aromatic heterocycles. The van der Waals surface area contributed by atoms with Gasteiger partial charge in [-0.15, -0.1) is 0 Å². The second-order valence-corrected chi connectivity index (χ2v) is 14.5. The van der Waals surface area contributed by atoms with Crippen LogP contribution < -0.4 is 0 Å². The van der Waals surface area contributed by atoms with Crippen LogP contribution in [0.2, 0.25) is 8.73 Å². The van der Waals surface area contributed by atoms with Crippen molar-refractivity contribution in [1.82, 2.24) is 0 Å². The van der Waals surface area contributed by atoms with Gasteiger partial charge in [-0.25, -0.2) is 0 Å². The van der Waals surface area contributed by atoms with Gasteiger partial charge >= 0.3 is 78.8 Å². The molecule has 0 aromatic rings. The van der Waals surface area contributed by atoms with Crippen molar-refractivity contribution in [3.05, 3.63) is 0 Å². The average molecular weight is 316 g/mol. The monoisotopic (exact) mass is 314 g/mol. The van der Waals surface area contributed by atoms with Gasteiger partial charge < -0.3 is 0 Å². The van der Waals surface area contributed by atoms with Crippen LogP contribution in [0, 0.1) is 0 Å². The Hall–Kier alpha value is 1.30. The Kier molecular flexibility index (Phi) is 9.49. The molecule has 0 rings (SSSR count). The van der Waals surface area contributed by atoms with Gasteiger partial charge in [0.2, 0.25) is 0 Å². The summed E-state index contributed by atoms with van der Waals surface area (Å²) in [7, 11) is 0. The molecule has 0 aliphatic heterocycles. The summed E-state index contributed by atoms with van der Waals surface area (Å²) in [5.74, 6) is 0. The Labute approximate surface area is 78.4 Å². The molecule has 0 nitrogen and oxygen atoms in total. The van der Waals surface area contributed by atoms with Crippen LogP contribution in [-0.4, -0.2) is 18.0 Å². The van der Waals surface area contributed by atoms with Crippen LogP contribution in [0.4, 0.5) is 0 Å². The van der Waals surface area contributed by atoms with Crippen molar-refractivity contribution in [3.63, 3.8) is 0 Å². The van der Waals surface area contributed by atoms with Crippen LogP contribution in [0.3, 0.4) is 0 Å². The number of hydrogen-bond acceptors (Lipinski definition) is 0. The predicted octanol–water partition coefficient (Wildman–Crippen LogP) is 3.97. The molecule has 0 spiro atoms. The summed E-state index contributed by atoms with van der Waals surface area (Å²) in [5.41, 5.74) is 0. The van der Waals surface area contributed by atoms with Crippen molar-refractivity contribution in [2.75, 3.05) is 0 Å².